The molecule has 0 radical (unpaired) electrons. The van der Waals surface area contributed by atoms with Crippen molar-refractivity contribution in [1.29, 1.82) is 0 Å². The molecular weight excluding hydrogens is 224 g/mol. The lowest BCUT2D eigenvalue weighted by atomic mass is 10.2. The quantitative estimate of drug-likeness (QED) is 0.640. The number of carbonyl (C=O) groups is 2. The van der Waals surface area contributed by atoms with Gasteiger partial charge in [0.25, 0.3) is 0 Å². The van der Waals surface area contributed by atoms with Gasteiger partial charge in [-0.05, 0) is 25.1 Å². The number of benzene rings is 1. The summed E-state index contributed by atoms with van der Waals surface area (Å²) in [7, 11) is 0. The Morgan fingerprint density at radius 2 is 2.00 bits per heavy atom. The summed E-state index contributed by atoms with van der Waals surface area (Å²) in [6.07, 6.45) is 0.184. The predicted octanol–water partition coefficient (Wildman–Crippen LogP) is 1.88. The number of phenolic OH excluding ortho intramolecular Hbond substituents is 1. The van der Waals surface area contributed by atoms with E-state index in [-0.39, 0.29) is 30.1 Å². The van der Waals surface area contributed by atoms with Crippen LogP contribution in [0.4, 0.5) is 0 Å². The van der Waals surface area contributed by atoms with E-state index in [0.29, 0.717) is 0 Å². The van der Waals surface area contributed by atoms with Gasteiger partial charge >= 0.3 is 11.9 Å². The molecule has 1 rings (SSSR count). The van der Waals surface area contributed by atoms with Gasteiger partial charge in [-0.3, -0.25) is 4.79 Å². The Morgan fingerprint density at radius 3 is 2.59 bits per heavy atom. The molecule has 0 saturated carbocycles. The lowest BCUT2D eigenvalue weighted by Gasteiger charge is -2.07. The summed E-state index contributed by atoms with van der Waals surface area (Å²) in [5, 5.41) is 9.46. The average Bonchev–Trinajstić information content (AvgIpc) is 2.32. The van der Waals surface area contributed by atoms with Crippen molar-refractivity contribution in [3.63, 3.8) is 0 Å². The van der Waals surface area contributed by atoms with E-state index in [9.17, 15) is 14.7 Å². The predicted molar refractivity (Wildman–Crippen MR) is 60.0 cm³/mol. The first kappa shape index (κ1) is 13.0. The summed E-state index contributed by atoms with van der Waals surface area (Å²) in [6.45, 7) is 3.58. The summed E-state index contributed by atoms with van der Waals surface area (Å²) in [5.41, 5.74) is 0.226. The highest BCUT2D eigenvalue weighted by Gasteiger charge is 2.12. The van der Waals surface area contributed by atoms with E-state index >= 15 is 0 Å². The van der Waals surface area contributed by atoms with E-state index in [0.717, 1.165) is 0 Å². The Morgan fingerprint density at radius 1 is 1.29 bits per heavy atom. The Bertz CT molecular complexity index is 425. The Balaban J connectivity index is 2.93. The molecular formula is C12H14O5. The molecule has 0 saturated heterocycles. The van der Waals surface area contributed by atoms with Crippen molar-refractivity contribution in [2.24, 2.45) is 0 Å². The van der Waals surface area contributed by atoms with Gasteiger partial charge in [0, 0.05) is 6.42 Å². The SMILES string of the molecule is CCOC(=O)c1ccc(O)c(OC(=O)CC)c1. The molecule has 0 heterocycles. The number of phenols is 1. The molecule has 0 fully saturated rings. The molecule has 92 valence electrons. The third-order valence-electron chi connectivity index (χ3n) is 1.98. The van der Waals surface area contributed by atoms with Crippen LogP contribution in [0.3, 0.4) is 0 Å². The van der Waals surface area contributed by atoms with Crippen LogP contribution in [-0.2, 0) is 9.53 Å². The van der Waals surface area contributed by atoms with E-state index in [1.165, 1.54) is 18.2 Å². The van der Waals surface area contributed by atoms with Gasteiger partial charge in [-0.25, -0.2) is 4.79 Å². The van der Waals surface area contributed by atoms with Crippen LogP contribution in [0.5, 0.6) is 11.5 Å². The zero-order chi connectivity index (χ0) is 12.8. The summed E-state index contributed by atoms with van der Waals surface area (Å²) in [6, 6.07) is 3.96. The lowest BCUT2D eigenvalue weighted by molar-refractivity contribution is -0.134. The van der Waals surface area contributed by atoms with E-state index in [4.69, 9.17) is 9.47 Å². The van der Waals surface area contributed by atoms with E-state index < -0.39 is 11.9 Å². The number of esters is 2. The minimum absolute atomic E-state index is 0.0394. The molecule has 1 N–H and O–H groups in total. The van der Waals surface area contributed by atoms with Gasteiger partial charge in [0.05, 0.1) is 12.2 Å². The topological polar surface area (TPSA) is 72.8 Å². The second-order valence-corrected chi connectivity index (χ2v) is 3.23. The van der Waals surface area contributed by atoms with E-state index in [1.54, 1.807) is 13.8 Å². The van der Waals surface area contributed by atoms with Gasteiger partial charge in [0.1, 0.15) is 0 Å². The lowest BCUT2D eigenvalue weighted by Crippen LogP contribution is -2.08. The first-order valence-corrected chi connectivity index (χ1v) is 5.29. The second-order valence-electron chi connectivity index (χ2n) is 3.23. The second kappa shape index (κ2) is 5.89. The summed E-state index contributed by atoms with van der Waals surface area (Å²) in [4.78, 5) is 22.5. The highest BCUT2D eigenvalue weighted by atomic mass is 16.5. The number of hydrogen-bond acceptors (Lipinski definition) is 5. The van der Waals surface area contributed by atoms with Crippen LogP contribution in [0.1, 0.15) is 30.6 Å². The highest BCUT2D eigenvalue weighted by molar-refractivity contribution is 5.90. The van der Waals surface area contributed by atoms with Crippen LogP contribution in [0, 0.1) is 0 Å². The fourth-order valence-electron chi connectivity index (χ4n) is 1.13. The maximum absolute atomic E-state index is 11.4. The largest absolute Gasteiger partial charge is 0.504 e. The van der Waals surface area contributed by atoms with Gasteiger partial charge in [-0.1, -0.05) is 6.92 Å². The van der Waals surface area contributed by atoms with Crippen LogP contribution < -0.4 is 4.74 Å². The van der Waals surface area contributed by atoms with Crippen LogP contribution in [-0.4, -0.2) is 23.7 Å². The standard InChI is InChI=1S/C12H14O5/c1-3-11(14)17-10-7-8(5-6-9(10)13)12(15)16-4-2/h5-7,13H,3-4H2,1-2H3. The third-order valence-corrected chi connectivity index (χ3v) is 1.98. The Labute approximate surface area is 99.0 Å². The van der Waals surface area contributed by atoms with Crippen molar-refractivity contribution in [1.82, 2.24) is 0 Å². The smallest absolute Gasteiger partial charge is 0.338 e. The molecule has 5 heteroatoms. The minimum Gasteiger partial charge on any atom is -0.504 e. The Hall–Kier alpha value is -2.04. The normalized spacial score (nSPS) is 9.76. The minimum atomic E-state index is -0.527. The molecule has 0 atom stereocenters. The molecule has 0 aromatic heterocycles. The first-order chi connectivity index (χ1) is 8.08. The number of rotatable bonds is 4. The van der Waals surface area contributed by atoms with Crippen LogP contribution in [0.2, 0.25) is 0 Å². The van der Waals surface area contributed by atoms with Gasteiger partial charge in [-0.2, -0.15) is 0 Å². The molecule has 0 spiro atoms. The van der Waals surface area contributed by atoms with Crippen molar-refractivity contribution >= 4 is 11.9 Å². The van der Waals surface area contributed by atoms with E-state index in [1.807, 2.05) is 0 Å². The molecule has 0 aliphatic carbocycles. The van der Waals surface area contributed by atoms with Crippen molar-refractivity contribution < 1.29 is 24.2 Å². The van der Waals surface area contributed by atoms with Gasteiger partial charge in [0.15, 0.2) is 11.5 Å². The van der Waals surface area contributed by atoms with Crippen molar-refractivity contribution in [2.75, 3.05) is 6.61 Å². The zero-order valence-electron chi connectivity index (χ0n) is 9.73. The number of carbonyl (C=O) groups excluding carboxylic acids is 2. The molecule has 0 unspecified atom stereocenters. The Kier molecular flexibility index (Phi) is 4.51. The van der Waals surface area contributed by atoms with Gasteiger partial charge in [0.2, 0.25) is 0 Å². The van der Waals surface area contributed by atoms with Crippen LogP contribution >= 0.6 is 0 Å². The molecule has 5 nitrogen and oxygen atoms in total. The van der Waals surface area contributed by atoms with Crippen molar-refractivity contribution in [2.45, 2.75) is 20.3 Å². The third kappa shape index (κ3) is 3.48. The fraction of sp³-hybridized carbons (Fsp3) is 0.333. The van der Waals surface area contributed by atoms with E-state index in [2.05, 4.69) is 0 Å². The number of aromatic hydroxyl groups is 1. The number of ether oxygens (including phenoxy) is 2. The number of hydrogen-bond donors (Lipinski definition) is 1. The fourth-order valence-corrected chi connectivity index (χ4v) is 1.13. The van der Waals surface area contributed by atoms with Crippen molar-refractivity contribution in [3.8, 4) is 11.5 Å². The molecule has 1 aromatic rings. The van der Waals surface area contributed by atoms with Gasteiger partial charge < -0.3 is 14.6 Å². The zero-order valence-corrected chi connectivity index (χ0v) is 9.73. The summed E-state index contributed by atoms with van der Waals surface area (Å²) in [5.74, 6) is -1.25. The van der Waals surface area contributed by atoms with Gasteiger partial charge in [-0.15, -0.1) is 0 Å². The first-order valence-electron chi connectivity index (χ1n) is 5.29. The summed E-state index contributed by atoms with van der Waals surface area (Å²) < 4.78 is 9.66. The van der Waals surface area contributed by atoms with Crippen LogP contribution in [0.15, 0.2) is 18.2 Å². The van der Waals surface area contributed by atoms with Crippen LogP contribution in [0.25, 0.3) is 0 Å². The summed E-state index contributed by atoms with van der Waals surface area (Å²) >= 11 is 0. The molecule has 0 bridgehead atoms. The molecule has 0 amide bonds. The molecule has 0 aliphatic rings. The maximum atomic E-state index is 11.4. The van der Waals surface area contributed by atoms with Crippen molar-refractivity contribution in [3.05, 3.63) is 23.8 Å². The average molecular weight is 238 g/mol. The highest BCUT2D eigenvalue weighted by Crippen LogP contribution is 2.27. The molecule has 0 aliphatic heterocycles. The molecule has 1 aromatic carbocycles. The maximum Gasteiger partial charge on any atom is 0.338 e. The monoisotopic (exact) mass is 238 g/mol. The molecule has 17 heavy (non-hydrogen) atoms.